The minimum Gasteiger partial charge on any atom is -0.451 e. The third kappa shape index (κ3) is 3.76. The first-order valence-electron chi connectivity index (χ1n) is 6.24. The van der Waals surface area contributed by atoms with E-state index < -0.39 is 17.9 Å². The minimum absolute atomic E-state index is 0.203. The van der Waals surface area contributed by atoms with E-state index in [1.165, 1.54) is 25.1 Å². The number of carbonyl (C=O) groups excluding carboxylic acids is 2. The van der Waals surface area contributed by atoms with Gasteiger partial charge in [0, 0.05) is 10.0 Å². The van der Waals surface area contributed by atoms with E-state index in [0.717, 1.165) is 0 Å². The van der Waals surface area contributed by atoms with E-state index in [-0.39, 0.29) is 11.3 Å². The summed E-state index contributed by atoms with van der Waals surface area (Å²) in [5.41, 5.74) is 0.236. The van der Waals surface area contributed by atoms with E-state index in [2.05, 4.69) is 15.9 Å². The van der Waals surface area contributed by atoms with Gasteiger partial charge in [0.25, 0.3) is 0 Å². The van der Waals surface area contributed by atoms with Crippen molar-refractivity contribution in [1.82, 2.24) is 0 Å². The first-order chi connectivity index (χ1) is 9.99. The topological polar surface area (TPSA) is 43.4 Å². The fraction of sp³-hybridized carbons (Fsp3) is 0.125. The average Bonchev–Trinajstić information content (AvgIpc) is 2.47. The molecule has 0 saturated carbocycles. The summed E-state index contributed by atoms with van der Waals surface area (Å²) in [5.74, 6) is -1.90. The van der Waals surface area contributed by atoms with Gasteiger partial charge in [-0.3, -0.25) is 4.79 Å². The largest absolute Gasteiger partial charge is 0.451 e. The van der Waals surface area contributed by atoms with Gasteiger partial charge < -0.3 is 4.74 Å². The molecule has 3 nitrogen and oxygen atoms in total. The number of rotatable bonds is 4. The Balaban J connectivity index is 2.10. The van der Waals surface area contributed by atoms with Crippen molar-refractivity contribution < 1.29 is 18.7 Å². The molecule has 0 aromatic heterocycles. The van der Waals surface area contributed by atoms with Crippen molar-refractivity contribution in [3.05, 3.63) is 69.9 Å². The number of halogens is 2. The molecular weight excluding hydrogens is 339 g/mol. The lowest BCUT2D eigenvalue weighted by molar-refractivity contribution is 0.0314. The van der Waals surface area contributed by atoms with Gasteiger partial charge in [-0.05, 0) is 25.1 Å². The second-order valence-electron chi connectivity index (χ2n) is 4.40. The molecule has 2 aromatic rings. The Kier molecular flexibility index (Phi) is 4.85. The monoisotopic (exact) mass is 350 g/mol. The summed E-state index contributed by atoms with van der Waals surface area (Å²) in [6.45, 7) is 1.46. The summed E-state index contributed by atoms with van der Waals surface area (Å²) >= 11 is 3.10. The number of esters is 1. The number of ketones is 1. The van der Waals surface area contributed by atoms with Gasteiger partial charge in [0.05, 0.1) is 5.56 Å². The Hall–Kier alpha value is -2.01. The molecule has 0 fully saturated rings. The summed E-state index contributed by atoms with van der Waals surface area (Å²) in [7, 11) is 0. The second-order valence-corrected chi connectivity index (χ2v) is 5.32. The van der Waals surface area contributed by atoms with Gasteiger partial charge in [-0.25, -0.2) is 9.18 Å². The van der Waals surface area contributed by atoms with E-state index in [0.29, 0.717) is 10.0 Å². The number of hydrogen-bond acceptors (Lipinski definition) is 3. The zero-order chi connectivity index (χ0) is 15.4. The van der Waals surface area contributed by atoms with Crippen LogP contribution in [0.25, 0.3) is 0 Å². The molecule has 0 aliphatic carbocycles. The van der Waals surface area contributed by atoms with Crippen LogP contribution >= 0.6 is 15.9 Å². The van der Waals surface area contributed by atoms with Crippen LogP contribution in [0, 0.1) is 5.82 Å². The van der Waals surface area contributed by atoms with Gasteiger partial charge in [0.2, 0.25) is 5.78 Å². The molecule has 0 amide bonds. The lowest BCUT2D eigenvalue weighted by Crippen LogP contribution is -2.24. The Morgan fingerprint density at radius 3 is 2.43 bits per heavy atom. The fourth-order valence-corrected chi connectivity index (χ4v) is 2.10. The van der Waals surface area contributed by atoms with Crippen molar-refractivity contribution in [2.75, 3.05) is 0 Å². The highest BCUT2D eigenvalue weighted by molar-refractivity contribution is 9.10. The Morgan fingerprint density at radius 1 is 1.14 bits per heavy atom. The van der Waals surface area contributed by atoms with Gasteiger partial charge in [0.15, 0.2) is 6.10 Å². The van der Waals surface area contributed by atoms with Crippen molar-refractivity contribution in [2.45, 2.75) is 13.0 Å². The molecule has 0 N–H and O–H groups in total. The van der Waals surface area contributed by atoms with Crippen LogP contribution in [0.4, 0.5) is 4.39 Å². The Labute approximate surface area is 129 Å². The summed E-state index contributed by atoms with van der Waals surface area (Å²) in [5, 5.41) is 0. The highest BCUT2D eigenvalue weighted by atomic mass is 79.9. The first kappa shape index (κ1) is 15.4. The fourth-order valence-electron chi connectivity index (χ4n) is 1.77. The van der Waals surface area contributed by atoms with Crippen LogP contribution in [0.1, 0.15) is 27.6 Å². The predicted molar refractivity (Wildman–Crippen MR) is 79.8 cm³/mol. The van der Waals surface area contributed by atoms with Crippen molar-refractivity contribution in [3.63, 3.8) is 0 Å². The smallest absolute Gasteiger partial charge is 0.341 e. The normalized spacial score (nSPS) is 11.8. The van der Waals surface area contributed by atoms with Crippen LogP contribution in [0.15, 0.2) is 53.0 Å². The molecule has 0 radical (unpaired) electrons. The molecule has 0 saturated heterocycles. The zero-order valence-electron chi connectivity index (χ0n) is 11.2. The predicted octanol–water partition coefficient (Wildman–Crippen LogP) is 4.02. The maximum atomic E-state index is 13.7. The summed E-state index contributed by atoms with van der Waals surface area (Å²) < 4.78 is 19.2. The van der Waals surface area contributed by atoms with Gasteiger partial charge >= 0.3 is 5.97 Å². The third-order valence-electron chi connectivity index (χ3n) is 2.86. The molecule has 0 spiro atoms. The van der Waals surface area contributed by atoms with Crippen LogP contribution in [0.2, 0.25) is 0 Å². The summed E-state index contributed by atoms with van der Waals surface area (Å²) in [6, 6.07) is 12.5. The molecule has 5 heteroatoms. The average molecular weight is 351 g/mol. The lowest BCUT2D eigenvalue weighted by Gasteiger charge is -2.12. The van der Waals surface area contributed by atoms with Crippen molar-refractivity contribution in [1.29, 1.82) is 0 Å². The van der Waals surface area contributed by atoms with Crippen molar-refractivity contribution in [2.24, 2.45) is 0 Å². The molecule has 1 atom stereocenters. The number of benzene rings is 2. The SMILES string of the molecule is CC(OC(=O)c1ccc(Br)cc1F)C(=O)c1ccccc1. The van der Waals surface area contributed by atoms with Gasteiger partial charge in [-0.15, -0.1) is 0 Å². The van der Waals surface area contributed by atoms with Gasteiger partial charge in [-0.1, -0.05) is 46.3 Å². The molecule has 0 bridgehead atoms. The Bertz CT molecular complexity index is 670. The van der Waals surface area contributed by atoms with Crippen LogP contribution < -0.4 is 0 Å². The van der Waals surface area contributed by atoms with Gasteiger partial charge in [-0.2, -0.15) is 0 Å². The first-order valence-corrected chi connectivity index (χ1v) is 7.03. The quantitative estimate of drug-likeness (QED) is 0.617. The standard InChI is InChI=1S/C16H12BrFO3/c1-10(15(19)11-5-3-2-4-6-11)21-16(20)13-8-7-12(17)9-14(13)18/h2-10H,1H3. The molecule has 1 unspecified atom stereocenters. The Morgan fingerprint density at radius 2 is 1.81 bits per heavy atom. The number of ether oxygens (including phenoxy) is 1. The summed E-state index contributed by atoms with van der Waals surface area (Å²) in [6.07, 6.45) is -0.983. The van der Waals surface area contributed by atoms with E-state index in [9.17, 15) is 14.0 Å². The highest BCUT2D eigenvalue weighted by Gasteiger charge is 2.22. The molecule has 2 aromatic carbocycles. The van der Waals surface area contributed by atoms with E-state index >= 15 is 0 Å². The molecule has 0 aliphatic rings. The van der Waals surface area contributed by atoms with Crippen LogP contribution in [0.5, 0.6) is 0 Å². The summed E-state index contributed by atoms with van der Waals surface area (Å²) in [4.78, 5) is 24.0. The number of carbonyl (C=O) groups is 2. The number of Topliss-reactive ketones (excluding diaryl/α,β-unsaturated/α-hetero) is 1. The number of hydrogen-bond donors (Lipinski definition) is 0. The van der Waals surface area contributed by atoms with Gasteiger partial charge in [0.1, 0.15) is 5.82 Å². The second kappa shape index (κ2) is 6.63. The maximum absolute atomic E-state index is 13.7. The van der Waals surface area contributed by atoms with Crippen LogP contribution in [0.3, 0.4) is 0 Å². The minimum atomic E-state index is -0.983. The molecular formula is C16H12BrFO3. The lowest BCUT2D eigenvalue weighted by atomic mass is 10.1. The maximum Gasteiger partial charge on any atom is 0.341 e. The highest BCUT2D eigenvalue weighted by Crippen LogP contribution is 2.17. The molecule has 21 heavy (non-hydrogen) atoms. The molecule has 108 valence electrons. The molecule has 0 heterocycles. The molecule has 2 rings (SSSR count). The van der Waals surface area contributed by atoms with E-state index in [4.69, 9.17) is 4.74 Å². The van der Waals surface area contributed by atoms with Crippen molar-refractivity contribution in [3.8, 4) is 0 Å². The van der Waals surface area contributed by atoms with Crippen molar-refractivity contribution >= 4 is 27.7 Å². The third-order valence-corrected chi connectivity index (χ3v) is 3.36. The van der Waals surface area contributed by atoms with E-state index in [1.807, 2.05) is 0 Å². The zero-order valence-corrected chi connectivity index (χ0v) is 12.8. The van der Waals surface area contributed by atoms with Crippen LogP contribution in [-0.2, 0) is 4.74 Å². The molecule has 0 aliphatic heterocycles. The van der Waals surface area contributed by atoms with Crippen LogP contribution in [-0.4, -0.2) is 17.9 Å². The van der Waals surface area contributed by atoms with E-state index in [1.54, 1.807) is 30.3 Å².